The summed E-state index contributed by atoms with van der Waals surface area (Å²) in [7, 11) is 5.45. The smallest absolute Gasteiger partial charge is 0.296 e. The van der Waals surface area contributed by atoms with Crippen LogP contribution in [0.25, 0.3) is 48.3 Å². The molecule has 18 nitrogen and oxygen atoms in total. The van der Waals surface area contributed by atoms with Crippen LogP contribution in [0.5, 0.6) is 11.5 Å². The molecule has 0 saturated carbocycles. The van der Waals surface area contributed by atoms with Gasteiger partial charge in [0, 0.05) is 86.6 Å². The highest BCUT2D eigenvalue weighted by atomic mass is 19.1. The van der Waals surface area contributed by atoms with Crippen molar-refractivity contribution in [3.63, 3.8) is 0 Å². The number of imidazole rings is 2. The zero-order valence-electron chi connectivity index (χ0n) is 34.1. The zero-order chi connectivity index (χ0) is 43.8. The summed E-state index contributed by atoms with van der Waals surface area (Å²) < 4.78 is 46.8. The van der Waals surface area contributed by atoms with Crippen LogP contribution in [0, 0.1) is 31.4 Å². The largest absolute Gasteiger partial charge is 0.493 e. The molecule has 2 aliphatic rings. The summed E-state index contributed by atoms with van der Waals surface area (Å²) >= 11 is 0. The Morgan fingerprint density at radius 1 is 0.667 bits per heavy atom. The van der Waals surface area contributed by atoms with Crippen LogP contribution in [0.3, 0.4) is 0 Å². The molecule has 0 aliphatic carbocycles. The lowest BCUT2D eigenvalue weighted by Crippen LogP contribution is -2.10. The van der Waals surface area contributed by atoms with E-state index in [1.807, 2.05) is 20.2 Å². The molecule has 314 valence electrons. The molecule has 8 aromatic rings. The number of fused-ring (bicyclic) bond motifs is 4. The Morgan fingerprint density at radius 2 is 1.16 bits per heavy atom. The van der Waals surface area contributed by atoms with E-state index in [4.69, 9.17) is 29.2 Å². The van der Waals surface area contributed by atoms with Crippen LogP contribution in [0.1, 0.15) is 27.9 Å². The molecule has 0 saturated heterocycles. The molecule has 3 N–H and O–H groups in total. The molecule has 0 unspecified atom stereocenters. The lowest BCUT2D eigenvalue weighted by atomic mass is 10.0. The van der Waals surface area contributed by atoms with Gasteiger partial charge in [0.1, 0.15) is 23.1 Å². The first-order valence-corrected chi connectivity index (χ1v) is 19.6. The molecule has 2 aliphatic heterocycles. The van der Waals surface area contributed by atoms with Crippen molar-refractivity contribution in [1.29, 1.82) is 0 Å². The maximum atomic E-state index is 14.5. The normalized spacial score (nSPS) is 12.4. The van der Waals surface area contributed by atoms with Gasteiger partial charge in [-0.05, 0) is 48.5 Å². The van der Waals surface area contributed by atoms with Crippen molar-refractivity contribution in [3.05, 3.63) is 135 Å². The minimum Gasteiger partial charge on any atom is -0.493 e. The van der Waals surface area contributed by atoms with Crippen LogP contribution < -0.4 is 25.4 Å². The maximum absolute atomic E-state index is 14.5. The summed E-state index contributed by atoms with van der Waals surface area (Å²) in [6, 6.07) is 9.75. The van der Waals surface area contributed by atoms with E-state index in [-0.39, 0.29) is 42.2 Å². The fraction of sp³-hybridized carbons (Fsp3) is 0.233. The Bertz CT molecular complexity index is 3220. The minimum atomic E-state index is -0.307. The number of nitrogens with zero attached hydrogens (tertiary/aromatic N) is 13. The quantitative estimate of drug-likeness (QED) is 0.122. The Hall–Kier alpha value is -8.41. The molecule has 10 rings (SSSR count). The van der Waals surface area contributed by atoms with E-state index in [1.165, 1.54) is 12.1 Å². The second kappa shape index (κ2) is 16.6. The number of halogens is 2. The third-order valence-electron chi connectivity index (χ3n) is 10.7. The Balaban J connectivity index is 0.000000160. The highest BCUT2D eigenvalue weighted by Crippen LogP contribution is 2.34. The van der Waals surface area contributed by atoms with Crippen molar-refractivity contribution in [2.24, 2.45) is 14.1 Å². The highest BCUT2D eigenvalue weighted by Gasteiger charge is 2.24. The molecule has 20 heteroatoms. The average molecular weight is 847 g/mol. The molecule has 0 bridgehead atoms. The van der Waals surface area contributed by atoms with Crippen molar-refractivity contribution in [2.45, 2.75) is 32.5 Å². The maximum Gasteiger partial charge on any atom is 0.296 e. The van der Waals surface area contributed by atoms with Gasteiger partial charge in [0.15, 0.2) is 0 Å². The summed E-state index contributed by atoms with van der Waals surface area (Å²) in [6.07, 6.45) is 7.84. The van der Waals surface area contributed by atoms with Gasteiger partial charge in [0.2, 0.25) is 23.2 Å². The van der Waals surface area contributed by atoms with E-state index >= 15 is 0 Å². The molecule has 63 heavy (non-hydrogen) atoms. The summed E-state index contributed by atoms with van der Waals surface area (Å²) in [4.78, 5) is 28.2. The van der Waals surface area contributed by atoms with Crippen LogP contribution >= 0.6 is 0 Å². The average Bonchev–Trinajstić information content (AvgIpc) is 4.16. The lowest BCUT2D eigenvalue weighted by molar-refractivity contribution is 0.356. The van der Waals surface area contributed by atoms with Gasteiger partial charge >= 0.3 is 0 Å². The molecule has 0 radical (unpaired) electrons. The number of hydrogen-bond donors (Lipinski definition) is 3. The molecule has 0 fully saturated rings. The van der Waals surface area contributed by atoms with Gasteiger partial charge < -0.3 is 40.0 Å². The van der Waals surface area contributed by atoms with Gasteiger partial charge in [-0.25, -0.2) is 18.7 Å². The third-order valence-corrected chi connectivity index (χ3v) is 10.7. The topological polar surface area (TPSA) is 164 Å². The Labute approximate surface area is 358 Å². The second-order valence-electron chi connectivity index (χ2n) is 14.5. The van der Waals surface area contributed by atoms with Gasteiger partial charge in [0.05, 0.1) is 48.5 Å². The molecule has 8 heterocycles. The van der Waals surface area contributed by atoms with E-state index in [0.29, 0.717) is 83.9 Å². The van der Waals surface area contributed by atoms with Crippen LogP contribution in [-0.4, -0.2) is 68.6 Å². The number of ether oxygens (including phenoxy) is 2. The Morgan fingerprint density at radius 3 is 1.63 bits per heavy atom. The van der Waals surface area contributed by atoms with E-state index in [1.54, 1.807) is 68.2 Å². The summed E-state index contributed by atoms with van der Waals surface area (Å²) in [5, 5.41) is 18.1. The molecular weight excluding hydrogens is 811 g/mol. The molecule has 0 spiro atoms. The van der Waals surface area contributed by atoms with E-state index < -0.39 is 0 Å². The molecular formula is C43H36F2N16O2. The van der Waals surface area contributed by atoms with Crippen molar-refractivity contribution < 1.29 is 18.3 Å². The number of aryl methyl sites for hydroxylation is 2. The summed E-state index contributed by atoms with van der Waals surface area (Å²) in [5.41, 5.74) is 7.66. The summed E-state index contributed by atoms with van der Waals surface area (Å²) in [5.74, 6) is 2.44. The van der Waals surface area contributed by atoms with E-state index in [9.17, 15) is 8.78 Å². The first-order chi connectivity index (χ1) is 30.7. The van der Waals surface area contributed by atoms with Crippen LogP contribution in [0.15, 0.2) is 61.2 Å². The SMILES string of the molecule is [C-]#[N+]c1cn2c(NCc3c(F)ccc4c3CCO4)ncc(-c3cc(CNC)nn3C)c2n1.[C-]#[N+]c1cn2c(NCc3c(F)ccc4c3CCO4)ncc(-c3cc([N+]#[C-])nn3C)c2n1. The fourth-order valence-corrected chi connectivity index (χ4v) is 7.81. The first-order valence-electron chi connectivity index (χ1n) is 19.6. The van der Waals surface area contributed by atoms with Crippen LogP contribution in [0.2, 0.25) is 0 Å². The standard InChI is InChI=1S/C22H21FN8O.C21H15FN8O/c1-24-9-13-8-18(30(3)29-13)16-11-27-22(31-12-20(25-2)28-21(16)31)26-10-15-14-6-7-32-19(14)5-4-17(15)23;1-23-18-8-16(29(3)28-18)14-10-26-21(30-11-19(24-2)27-20(14)30)25-9-13-12-6-7-31-17(12)5-4-15(13)22/h4-5,8,11-12,24H,6-7,9-10H2,1,3H3,(H,26,27);4-5,8,10-11H,6-7,9H2,3H3,(H,25,26). The van der Waals surface area contributed by atoms with Crippen molar-refractivity contribution in [3.8, 4) is 34.0 Å². The van der Waals surface area contributed by atoms with Gasteiger partial charge in [0.25, 0.3) is 17.5 Å². The van der Waals surface area contributed by atoms with E-state index in [2.05, 4.69) is 60.6 Å². The number of rotatable bonds is 10. The van der Waals surface area contributed by atoms with Gasteiger partial charge in [-0.3, -0.25) is 13.5 Å². The lowest BCUT2D eigenvalue weighted by Gasteiger charge is -2.12. The van der Waals surface area contributed by atoms with Gasteiger partial charge in [-0.1, -0.05) is 29.7 Å². The second-order valence-corrected chi connectivity index (χ2v) is 14.5. The van der Waals surface area contributed by atoms with Gasteiger partial charge in [-0.2, -0.15) is 9.78 Å². The zero-order valence-corrected chi connectivity index (χ0v) is 34.1. The Kier molecular flexibility index (Phi) is 10.5. The van der Waals surface area contributed by atoms with Gasteiger partial charge in [-0.15, -0.1) is 0 Å². The molecule has 0 atom stereocenters. The number of benzene rings is 2. The predicted octanol–water partition coefficient (Wildman–Crippen LogP) is 7.00. The minimum absolute atomic E-state index is 0.199. The van der Waals surface area contributed by atoms with Crippen molar-refractivity contribution >= 4 is 40.6 Å². The first kappa shape index (κ1) is 40.0. The van der Waals surface area contributed by atoms with Crippen LogP contribution in [-0.2, 0) is 46.6 Å². The van der Waals surface area contributed by atoms with Crippen LogP contribution in [0.4, 0.5) is 38.1 Å². The predicted molar refractivity (Wildman–Crippen MR) is 228 cm³/mol. The van der Waals surface area contributed by atoms with Crippen molar-refractivity contribution in [2.75, 3.05) is 30.9 Å². The van der Waals surface area contributed by atoms with E-state index in [0.717, 1.165) is 33.8 Å². The summed E-state index contributed by atoms with van der Waals surface area (Å²) in [6.45, 7) is 24.1. The highest BCUT2D eigenvalue weighted by molar-refractivity contribution is 5.79. The number of anilines is 2. The third kappa shape index (κ3) is 7.43. The number of nitrogens with one attached hydrogen (secondary N) is 3. The molecule has 0 amide bonds. The fourth-order valence-electron chi connectivity index (χ4n) is 7.81. The molecule has 6 aromatic heterocycles. The number of hydrogen-bond acceptors (Lipinski definition) is 11. The molecule has 2 aromatic carbocycles. The number of aromatic nitrogens is 10. The monoisotopic (exact) mass is 846 g/mol. The van der Waals surface area contributed by atoms with Crippen molar-refractivity contribution in [1.82, 2.24) is 53.6 Å².